The Bertz CT molecular complexity index is 843. The molecule has 0 N–H and O–H groups in total. The number of hydrogen-bond donors (Lipinski definition) is 0. The standard InChI is InChI=1S/C20H22F2N2O4/c1-27-17(25)16-12-19(28-23-16)7-9-24(10-8-19)18(26)20(5-2-6-20)14-4-3-13(21)11-15(14)22/h3-4,11H,2,5-10,12H2,1H3. The zero-order valence-corrected chi connectivity index (χ0v) is 15.7. The summed E-state index contributed by atoms with van der Waals surface area (Å²) in [6.45, 7) is 0.876. The number of esters is 1. The van der Waals surface area contributed by atoms with E-state index in [2.05, 4.69) is 9.89 Å². The molecule has 0 atom stereocenters. The Balaban J connectivity index is 1.46. The zero-order valence-electron chi connectivity index (χ0n) is 15.7. The molecule has 1 amide bonds. The summed E-state index contributed by atoms with van der Waals surface area (Å²) < 4.78 is 32.4. The number of methoxy groups -OCH3 is 1. The molecule has 28 heavy (non-hydrogen) atoms. The van der Waals surface area contributed by atoms with Crippen LogP contribution in [0, 0.1) is 11.6 Å². The van der Waals surface area contributed by atoms with Gasteiger partial charge >= 0.3 is 5.97 Å². The summed E-state index contributed by atoms with van der Waals surface area (Å²) in [5.74, 6) is -1.94. The van der Waals surface area contributed by atoms with Gasteiger partial charge in [0.2, 0.25) is 5.91 Å². The van der Waals surface area contributed by atoms with E-state index in [-0.39, 0.29) is 17.2 Å². The van der Waals surface area contributed by atoms with E-state index in [9.17, 15) is 18.4 Å². The highest BCUT2D eigenvalue weighted by Crippen LogP contribution is 2.47. The van der Waals surface area contributed by atoms with Crippen molar-refractivity contribution in [3.05, 3.63) is 35.4 Å². The Kier molecular flexibility index (Phi) is 4.59. The average Bonchev–Trinajstić information content (AvgIpc) is 3.06. The molecular weight excluding hydrogens is 370 g/mol. The van der Waals surface area contributed by atoms with Crippen molar-refractivity contribution >= 4 is 17.6 Å². The lowest BCUT2D eigenvalue weighted by molar-refractivity contribution is -0.146. The molecule has 4 rings (SSSR count). The first-order valence-corrected chi connectivity index (χ1v) is 9.47. The van der Waals surface area contributed by atoms with E-state index >= 15 is 0 Å². The topological polar surface area (TPSA) is 68.2 Å². The molecule has 0 bridgehead atoms. The summed E-state index contributed by atoms with van der Waals surface area (Å²) in [6, 6.07) is 3.44. The third-order valence-corrected chi connectivity index (χ3v) is 6.29. The lowest BCUT2D eigenvalue weighted by atomic mass is 9.63. The van der Waals surface area contributed by atoms with Crippen molar-refractivity contribution in [3.63, 3.8) is 0 Å². The van der Waals surface area contributed by atoms with Crippen LogP contribution in [-0.4, -0.2) is 48.3 Å². The molecule has 1 saturated heterocycles. The smallest absolute Gasteiger partial charge is 0.355 e. The van der Waals surface area contributed by atoms with Crippen LogP contribution in [0.4, 0.5) is 8.78 Å². The van der Waals surface area contributed by atoms with Gasteiger partial charge in [-0.2, -0.15) is 0 Å². The molecule has 1 aromatic carbocycles. The Hall–Kier alpha value is -2.51. The Morgan fingerprint density at radius 3 is 2.46 bits per heavy atom. The van der Waals surface area contributed by atoms with Crippen molar-refractivity contribution in [2.75, 3.05) is 20.2 Å². The first-order valence-electron chi connectivity index (χ1n) is 9.47. The highest BCUT2D eigenvalue weighted by atomic mass is 19.1. The van der Waals surface area contributed by atoms with Crippen LogP contribution in [0.5, 0.6) is 0 Å². The second-order valence-electron chi connectivity index (χ2n) is 7.83. The molecule has 1 saturated carbocycles. The van der Waals surface area contributed by atoms with Crippen LogP contribution in [0.25, 0.3) is 0 Å². The van der Waals surface area contributed by atoms with Gasteiger partial charge in [-0.15, -0.1) is 0 Å². The molecule has 2 heterocycles. The SMILES string of the molecule is COC(=O)C1=NOC2(CCN(C(=O)C3(c4ccc(F)cc4F)CCC3)CC2)C1. The number of carbonyl (C=O) groups excluding carboxylic acids is 2. The van der Waals surface area contributed by atoms with Gasteiger partial charge in [0.25, 0.3) is 0 Å². The van der Waals surface area contributed by atoms with Crippen LogP contribution in [0.3, 0.4) is 0 Å². The zero-order chi connectivity index (χ0) is 19.9. The van der Waals surface area contributed by atoms with Crippen molar-refractivity contribution in [2.45, 2.75) is 49.5 Å². The van der Waals surface area contributed by atoms with E-state index in [1.807, 2.05) is 0 Å². The van der Waals surface area contributed by atoms with Gasteiger partial charge in [0.15, 0.2) is 5.71 Å². The normalized spacial score (nSPS) is 22.2. The number of benzene rings is 1. The minimum absolute atomic E-state index is 0.119. The van der Waals surface area contributed by atoms with Crippen molar-refractivity contribution in [2.24, 2.45) is 5.16 Å². The molecular formula is C20H22F2N2O4. The molecule has 1 spiro atoms. The number of piperidine rings is 1. The molecule has 0 radical (unpaired) electrons. The maximum absolute atomic E-state index is 14.4. The maximum atomic E-state index is 14.4. The van der Waals surface area contributed by atoms with Gasteiger partial charge in [-0.25, -0.2) is 13.6 Å². The van der Waals surface area contributed by atoms with E-state index in [4.69, 9.17) is 4.84 Å². The van der Waals surface area contributed by atoms with E-state index in [1.165, 1.54) is 19.2 Å². The molecule has 2 fully saturated rings. The summed E-state index contributed by atoms with van der Waals surface area (Å²) >= 11 is 0. The summed E-state index contributed by atoms with van der Waals surface area (Å²) in [6.07, 6.45) is 3.37. The number of ether oxygens (including phenoxy) is 1. The lowest BCUT2D eigenvalue weighted by Crippen LogP contribution is -2.55. The molecule has 3 aliphatic rings. The van der Waals surface area contributed by atoms with Crippen molar-refractivity contribution < 1.29 is 27.9 Å². The second kappa shape index (κ2) is 6.83. The van der Waals surface area contributed by atoms with Gasteiger partial charge in [0.05, 0.1) is 12.5 Å². The molecule has 2 aliphatic heterocycles. The highest BCUT2D eigenvalue weighted by Gasteiger charge is 2.51. The Morgan fingerprint density at radius 1 is 1.18 bits per heavy atom. The minimum Gasteiger partial charge on any atom is -0.464 e. The maximum Gasteiger partial charge on any atom is 0.355 e. The first kappa shape index (κ1) is 18.8. The summed E-state index contributed by atoms with van der Waals surface area (Å²) in [5.41, 5.74) is -0.967. The van der Waals surface area contributed by atoms with Gasteiger partial charge in [-0.05, 0) is 18.9 Å². The molecule has 1 aliphatic carbocycles. The van der Waals surface area contributed by atoms with E-state index < -0.39 is 28.6 Å². The second-order valence-corrected chi connectivity index (χ2v) is 7.83. The number of likely N-dealkylation sites (tertiary alicyclic amines) is 1. The van der Waals surface area contributed by atoms with Crippen LogP contribution in [0.1, 0.15) is 44.1 Å². The van der Waals surface area contributed by atoms with Crippen LogP contribution in [0.15, 0.2) is 23.4 Å². The third-order valence-electron chi connectivity index (χ3n) is 6.29. The third kappa shape index (κ3) is 2.95. The summed E-state index contributed by atoms with van der Waals surface area (Å²) in [7, 11) is 1.30. The molecule has 150 valence electrons. The fourth-order valence-corrected chi connectivity index (χ4v) is 4.44. The largest absolute Gasteiger partial charge is 0.464 e. The Labute approximate surface area is 161 Å². The number of hydrogen-bond acceptors (Lipinski definition) is 5. The average molecular weight is 392 g/mol. The van der Waals surface area contributed by atoms with Gasteiger partial charge in [0, 0.05) is 44.0 Å². The highest BCUT2D eigenvalue weighted by molar-refractivity contribution is 6.36. The molecule has 0 aromatic heterocycles. The number of carbonyl (C=O) groups is 2. The van der Waals surface area contributed by atoms with Gasteiger partial charge in [-0.1, -0.05) is 17.6 Å². The molecule has 1 aromatic rings. The van der Waals surface area contributed by atoms with E-state index in [0.29, 0.717) is 45.2 Å². The number of oxime groups is 1. The predicted octanol–water partition coefficient (Wildman–Crippen LogP) is 2.70. The molecule has 8 heteroatoms. The fourth-order valence-electron chi connectivity index (χ4n) is 4.44. The van der Waals surface area contributed by atoms with Crippen LogP contribution in [0.2, 0.25) is 0 Å². The quantitative estimate of drug-likeness (QED) is 0.742. The van der Waals surface area contributed by atoms with Crippen LogP contribution in [-0.2, 0) is 24.6 Å². The van der Waals surface area contributed by atoms with Gasteiger partial charge in [-0.3, -0.25) is 4.79 Å². The first-order chi connectivity index (χ1) is 13.4. The van der Waals surface area contributed by atoms with Crippen molar-refractivity contribution in [1.82, 2.24) is 4.90 Å². The van der Waals surface area contributed by atoms with E-state index in [1.54, 1.807) is 4.90 Å². The number of amides is 1. The van der Waals surface area contributed by atoms with Crippen molar-refractivity contribution in [1.29, 1.82) is 0 Å². The lowest BCUT2D eigenvalue weighted by Gasteiger charge is -2.46. The van der Waals surface area contributed by atoms with Crippen molar-refractivity contribution in [3.8, 4) is 0 Å². The van der Waals surface area contributed by atoms with E-state index in [0.717, 1.165) is 12.5 Å². The minimum atomic E-state index is -0.910. The van der Waals surface area contributed by atoms with Gasteiger partial charge < -0.3 is 14.5 Å². The Morgan fingerprint density at radius 2 is 1.89 bits per heavy atom. The number of nitrogens with zero attached hydrogens (tertiary/aromatic N) is 2. The van der Waals surface area contributed by atoms with Gasteiger partial charge in [0.1, 0.15) is 17.2 Å². The predicted molar refractivity (Wildman–Crippen MR) is 95.6 cm³/mol. The molecule has 6 nitrogen and oxygen atoms in total. The number of halogens is 2. The monoisotopic (exact) mass is 392 g/mol. The summed E-state index contributed by atoms with van der Waals surface area (Å²) in [4.78, 5) is 32.2. The molecule has 0 unspecified atom stereocenters. The van der Waals surface area contributed by atoms with Crippen LogP contribution < -0.4 is 0 Å². The number of rotatable bonds is 3. The van der Waals surface area contributed by atoms with Crippen LogP contribution >= 0.6 is 0 Å². The summed E-state index contributed by atoms with van der Waals surface area (Å²) in [5, 5.41) is 3.85. The fraction of sp³-hybridized carbons (Fsp3) is 0.550.